The van der Waals surface area contributed by atoms with Crippen LogP contribution < -0.4 is 15.0 Å². The molecule has 0 bridgehead atoms. The van der Waals surface area contributed by atoms with Crippen LogP contribution in [0.25, 0.3) is 6.08 Å². The molecule has 0 aliphatic carbocycles. The van der Waals surface area contributed by atoms with Crippen LogP contribution in [-0.4, -0.2) is 24.6 Å². The minimum Gasteiger partial charge on any atom is -0.493 e. The number of nitrogens with zero attached hydrogens (tertiary/aromatic N) is 1. The highest BCUT2D eigenvalue weighted by Gasteiger charge is 2.31. The van der Waals surface area contributed by atoms with E-state index in [2.05, 4.69) is 26.1 Å². The van der Waals surface area contributed by atoms with Crippen molar-refractivity contribution in [1.29, 1.82) is 0 Å². The molecule has 26 heavy (non-hydrogen) atoms. The molecule has 3 rings (SSSR count). The zero-order valence-corrected chi connectivity index (χ0v) is 15.7. The van der Waals surface area contributed by atoms with Crippen molar-refractivity contribution < 1.29 is 9.53 Å². The van der Waals surface area contributed by atoms with Crippen LogP contribution in [0, 0.1) is 0 Å². The number of carbonyl (C=O) groups is 1. The standard InChI is InChI=1S/C22H26N2O2/c1-4-15-26-20-12-8-5-9-17(20)13-14-21(25)24-16-22(2,3)23-18-10-6-7-11-19(18)24/h5-14,23H,4,15-16H2,1-3H3/b14-13+. The zero-order valence-electron chi connectivity index (χ0n) is 15.7. The van der Waals surface area contributed by atoms with Gasteiger partial charge in [-0.1, -0.05) is 37.3 Å². The third-order valence-electron chi connectivity index (χ3n) is 4.27. The Labute approximate surface area is 155 Å². The molecule has 0 aromatic heterocycles. The minimum absolute atomic E-state index is 0.0303. The molecular weight excluding hydrogens is 324 g/mol. The lowest BCUT2D eigenvalue weighted by molar-refractivity contribution is -0.114. The molecule has 1 aliphatic rings. The third kappa shape index (κ3) is 4.07. The highest BCUT2D eigenvalue weighted by atomic mass is 16.5. The molecule has 1 heterocycles. The first kappa shape index (κ1) is 18.1. The number of hydrogen-bond donors (Lipinski definition) is 1. The number of rotatable bonds is 5. The zero-order chi connectivity index (χ0) is 18.6. The van der Waals surface area contributed by atoms with E-state index in [0.717, 1.165) is 29.1 Å². The largest absolute Gasteiger partial charge is 0.493 e. The van der Waals surface area contributed by atoms with Crippen molar-refractivity contribution in [3.8, 4) is 5.75 Å². The summed E-state index contributed by atoms with van der Waals surface area (Å²) in [6.07, 6.45) is 4.42. The molecule has 136 valence electrons. The fourth-order valence-electron chi connectivity index (χ4n) is 3.11. The summed E-state index contributed by atoms with van der Waals surface area (Å²) in [5, 5.41) is 3.49. The van der Waals surface area contributed by atoms with Gasteiger partial charge < -0.3 is 15.0 Å². The number of ether oxygens (including phenoxy) is 1. The van der Waals surface area contributed by atoms with Crippen molar-refractivity contribution in [2.45, 2.75) is 32.7 Å². The van der Waals surface area contributed by atoms with Gasteiger partial charge in [0.2, 0.25) is 0 Å². The Kier molecular flexibility index (Phi) is 5.31. The number of nitrogens with one attached hydrogen (secondary N) is 1. The molecule has 4 heteroatoms. The number of anilines is 2. The first-order valence-corrected chi connectivity index (χ1v) is 9.09. The average molecular weight is 350 g/mol. The summed E-state index contributed by atoms with van der Waals surface area (Å²) in [5.74, 6) is 0.775. The maximum absolute atomic E-state index is 12.9. The second kappa shape index (κ2) is 7.65. The molecule has 0 saturated carbocycles. The summed E-state index contributed by atoms with van der Waals surface area (Å²) in [7, 11) is 0. The van der Waals surface area contributed by atoms with Crippen LogP contribution in [0.5, 0.6) is 5.75 Å². The summed E-state index contributed by atoms with van der Waals surface area (Å²) >= 11 is 0. The maximum Gasteiger partial charge on any atom is 0.251 e. The number of fused-ring (bicyclic) bond motifs is 1. The molecule has 4 nitrogen and oxygen atoms in total. The topological polar surface area (TPSA) is 41.6 Å². The Balaban J connectivity index is 1.83. The van der Waals surface area contributed by atoms with Crippen molar-refractivity contribution in [2.75, 3.05) is 23.4 Å². The van der Waals surface area contributed by atoms with Crippen molar-refractivity contribution >= 4 is 23.4 Å². The van der Waals surface area contributed by atoms with E-state index in [4.69, 9.17) is 4.74 Å². The van der Waals surface area contributed by atoms with Gasteiger partial charge in [0.1, 0.15) is 5.75 Å². The quantitative estimate of drug-likeness (QED) is 0.793. The van der Waals surface area contributed by atoms with Crippen LogP contribution in [0.15, 0.2) is 54.6 Å². The van der Waals surface area contributed by atoms with E-state index in [1.54, 1.807) is 6.08 Å². The Morgan fingerprint density at radius 1 is 1.19 bits per heavy atom. The minimum atomic E-state index is -0.181. The summed E-state index contributed by atoms with van der Waals surface area (Å²) in [5.41, 5.74) is 2.63. The number of para-hydroxylation sites is 3. The lowest BCUT2D eigenvalue weighted by atomic mass is 9.99. The SMILES string of the molecule is CCCOc1ccccc1/C=C/C(=O)N1CC(C)(C)Nc2ccccc21. The van der Waals surface area contributed by atoms with Gasteiger partial charge in [0.25, 0.3) is 5.91 Å². The van der Waals surface area contributed by atoms with Gasteiger partial charge in [0, 0.05) is 23.7 Å². The number of amides is 1. The smallest absolute Gasteiger partial charge is 0.251 e. The fraction of sp³-hybridized carbons (Fsp3) is 0.318. The summed E-state index contributed by atoms with van der Waals surface area (Å²) in [6, 6.07) is 15.7. The first-order valence-electron chi connectivity index (χ1n) is 9.09. The monoisotopic (exact) mass is 350 g/mol. The summed E-state index contributed by atoms with van der Waals surface area (Å²) in [6.45, 7) is 7.55. The Hall–Kier alpha value is -2.75. The predicted octanol–water partition coefficient (Wildman–Crippen LogP) is 4.73. The van der Waals surface area contributed by atoms with E-state index in [9.17, 15) is 4.79 Å². The van der Waals surface area contributed by atoms with Crippen LogP contribution >= 0.6 is 0 Å². The normalized spacial score (nSPS) is 15.4. The van der Waals surface area contributed by atoms with E-state index in [1.165, 1.54) is 0 Å². The number of carbonyl (C=O) groups excluding carboxylic acids is 1. The van der Waals surface area contributed by atoms with Crippen LogP contribution in [0.3, 0.4) is 0 Å². The van der Waals surface area contributed by atoms with E-state index in [-0.39, 0.29) is 11.4 Å². The highest BCUT2D eigenvalue weighted by Crippen LogP contribution is 2.34. The number of hydrogen-bond acceptors (Lipinski definition) is 3. The molecule has 1 amide bonds. The van der Waals surface area contributed by atoms with Crippen molar-refractivity contribution in [3.63, 3.8) is 0 Å². The molecule has 0 atom stereocenters. The fourth-order valence-corrected chi connectivity index (χ4v) is 3.11. The second-order valence-electron chi connectivity index (χ2n) is 7.17. The van der Waals surface area contributed by atoms with Crippen LogP contribution in [0.4, 0.5) is 11.4 Å². The molecule has 2 aromatic rings. The van der Waals surface area contributed by atoms with Gasteiger partial charge in [-0.3, -0.25) is 4.79 Å². The van der Waals surface area contributed by atoms with E-state index in [0.29, 0.717) is 13.2 Å². The first-order chi connectivity index (χ1) is 12.5. The molecular formula is C22H26N2O2. The molecule has 0 fully saturated rings. The second-order valence-corrected chi connectivity index (χ2v) is 7.17. The van der Waals surface area contributed by atoms with Gasteiger partial charge in [-0.05, 0) is 44.5 Å². The lowest BCUT2D eigenvalue weighted by Crippen LogP contribution is -2.50. The molecule has 1 N–H and O–H groups in total. The predicted molar refractivity (Wildman–Crippen MR) is 108 cm³/mol. The van der Waals surface area contributed by atoms with Crippen molar-refractivity contribution in [1.82, 2.24) is 0 Å². The summed E-state index contributed by atoms with van der Waals surface area (Å²) < 4.78 is 5.77. The molecule has 2 aromatic carbocycles. The lowest BCUT2D eigenvalue weighted by Gasteiger charge is -2.40. The van der Waals surface area contributed by atoms with Crippen LogP contribution in [-0.2, 0) is 4.79 Å². The third-order valence-corrected chi connectivity index (χ3v) is 4.27. The Morgan fingerprint density at radius 2 is 1.92 bits per heavy atom. The van der Waals surface area contributed by atoms with E-state index >= 15 is 0 Å². The van der Waals surface area contributed by atoms with Crippen LogP contribution in [0.1, 0.15) is 32.8 Å². The molecule has 0 radical (unpaired) electrons. The van der Waals surface area contributed by atoms with E-state index in [1.807, 2.05) is 59.5 Å². The molecule has 0 unspecified atom stereocenters. The average Bonchev–Trinajstić information content (AvgIpc) is 2.63. The molecule has 0 saturated heterocycles. The van der Waals surface area contributed by atoms with Crippen molar-refractivity contribution in [2.24, 2.45) is 0 Å². The highest BCUT2D eigenvalue weighted by molar-refractivity contribution is 6.06. The van der Waals surface area contributed by atoms with Gasteiger partial charge in [0.15, 0.2) is 0 Å². The van der Waals surface area contributed by atoms with E-state index < -0.39 is 0 Å². The Morgan fingerprint density at radius 3 is 2.73 bits per heavy atom. The maximum atomic E-state index is 12.9. The molecule has 0 spiro atoms. The Bertz CT molecular complexity index is 811. The summed E-state index contributed by atoms with van der Waals surface area (Å²) in [4.78, 5) is 14.7. The van der Waals surface area contributed by atoms with Gasteiger partial charge in [-0.15, -0.1) is 0 Å². The van der Waals surface area contributed by atoms with Gasteiger partial charge in [-0.2, -0.15) is 0 Å². The van der Waals surface area contributed by atoms with Crippen molar-refractivity contribution in [3.05, 3.63) is 60.2 Å². The van der Waals surface area contributed by atoms with Crippen LogP contribution in [0.2, 0.25) is 0 Å². The molecule has 1 aliphatic heterocycles. The van der Waals surface area contributed by atoms with Gasteiger partial charge in [-0.25, -0.2) is 0 Å². The van der Waals surface area contributed by atoms with Gasteiger partial charge in [0.05, 0.1) is 18.0 Å². The van der Waals surface area contributed by atoms with Gasteiger partial charge >= 0.3 is 0 Å². The number of benzene rings is 2.